The van der Waals surface area contributed by atoms with Crippen molar-refractivity contribution in [1.29, 1.82) is 0 Å². The maximum atomic E-state index is 2.42. The number of nitrogens with zero attached hydrogens (tertiary/aromatic N) is 3. The van der Waals surface area contributed by atoms with Gasteiger partial charge in [0.15, 0.2) is 0 Å². The third kappa shape index (κ3) is 5.99. The van der Waals surface area contributed by atoms with Crippen molar-refractivity contribution in [2.24, 2.45) is 0 Å². The maximum absolute atomic E-state index is 2.42. The molecule has 0 aliphatic heterocycles. The molecule has 0 saturated heterocycles. The molecule has 34 heavy (non-hydrogen) atoms. The predicted octanol–water partition coefficient (Wildman–Crippen LogP) is 4.74. The van der Waals surface area contributed by atoms with Gasteiger partial charge in [-0.05, 0) is 0 Å². The molecule has 0 atom stereocenters. The Balaban J connectivity index is 2.01. The van der Waals surface area contributed by atoms with Crippen LogP contribution in [0.25, 0.3) is 0 Å². The van der Waals surface area contributed by atoms with Crippen molar-refractivity contribution in [1.82, 2.24) is 0 Å². The molecule has 0 spiro atoms. The molecule has 0 bridgehead atoms. The second kappa shape index (κ2) is 12.9. The van der Waals surface area contributed by atoms with Crippen LogP contribution in [-0.2, 0) is 0 Å². The molecule has 3 aromatic rings. The first-order chi connectivity index (χ1) is 16.6. The first-order valence-electron chi connectivity index (χ1n) is 12.9. The van der Waals surface area contributed by atoms with Crippen LogP contribution in [0.4, 0.5) is 17.1 Å². The minimum absolute atomic E-state index is 1.04. The Morgan fingerprint density at radius 2 is 0.588 bits per heavy atom. The van der Waals surface area contributed by atoms with Crippen molar-refractivity contribution < 1.29 is 0 Å². The van der Waals surface area contributed by atoms with Gasteiger partial charge in [-0.15, -0.1) is 0 Å². The van der Waals surface area contributed by atoms with Crippen LogP contribution >= 0.6 is 0 Å². The van der Waals surface area contributed by atoms with E-state index in [1.807, 2.05) is 0 Å². The Morgan fingerprint density at radius 3 is 0.765 bits per heavy atom. The topological polar surface area (TPSA) is 9.72 Å². The Kier molecular flexibility index (Phi) is 9.96. The summed E-state index contributed by atoms with van der Waals surface area (Å²) in [6, 6.07) is 28.2. The summed E-state index contributed by atoms with van der Waals surface area (Å²) < 4.78 is 4.44. The first kappa shape index (κ1) is 26.2. The Morgan fingerprint density at radius 1 is 0.382 bits per heavy atom. The van der Waals surface area contributed by atoms with Gasteiger partial charge >= 0.3 is 213 Å². The van der Waals surface area contributed by atoms with Gasteiger partial charge in [-0.1, -0.05) is 0 Å². The molecule has 0 radical (unpaired) electrons. The fraction of sp³-hybridized carbons (Fsp3) is 0.400. The van der Waals surface area contributed by atoms with E-state index in [-0.39, 0.29) is 0 Å². The zero-order chi connectivity index (χ0) is 24.5. The van der Waals surface area contributed by atoms with E-state index in [0.717, 1.165) is 39.3 Å². The van der Waals surface area contributed by atoms with E-state index in [4.69, 9.17) is 0 Å². The summed E-state index contributed by atoms with van der Waals surface area (Å²) in [4.78, 5) is 7.25. The summed E-state index contributed by atoms with van der Waals surface area (Å²) in [7, 11) is 0. The normalized spacial score (nSPS) is 11.0. The van der Waals surface area contributed by atoms with Crippen LogP contribution in [0.15, 0.2) is 72.8 Å². The molecule has 0 aliphatic carbocycles. The first-order valence-corrected chi connectivity index (χ1v) is 15.8. The second-order valence-electron chi connectivity index (χ2n) is 8.40. The van der Waals surface area contributed by atoms with Gasteiger partial charge in [0.25, 0.3) is 0 Å². The molecule has 0 aromatic heterocycles. The summed E-state index contributed by atoms with van der Waals surface area (Å²) in [5, 5.41) is 0. The quantitative estimate of drug-likeness (QED) is 0.320. The molecule has 4 heteroatoms. The number of benzene rings is 3. The van der Waals surface area contributed by atoms with Gasteiger partial charge in [0.2, 0.25) is 0 Å². The van der Waals surface area contributed by atoms with Gasteiger partial charge in [0, 0.05) is 0 Å². The van der Waals surface area contributed by atoms with E-state index in [1.54, 1.807) is 0 Å². The monoisotopic (exact) mass is 519 g/mol. The molecule has 0 aliphatic rings. The van der Waals surface area contributed by atoms with E-state index in [0.29, 0.717) is 0 Å². The van der Waals surface area contributed by atoms with Crippen LogP contribution in [0.2, 0.25) is 0 Å². The van der Waals surface area contributed by atoms with Gasteiger partial charge in [0.05, 0.1) is 0 Å². The molecular formula is C30H42AsN3. The fourth-order valence-corrected chi connectivity index (χ4v) is 9.34. The molecule has 0 fully saturated rings. The fourth-order valence-electron chi connectivity index (χ4n) is 4.65. The molecule has 3 rings (SSSR count). The van der Waals surface area contributed by atoms with Crippen LogP contribution in [0.5, 0.6) is 0 Å². The summed E-state index contributed by atoms with van der Waals surface area (Å²) >= 11 is -1.66. The predicted molar refractivity (Wildman–Crippen MR) is 155 cm³/mol. The standard InChI is InChI=1S/C30H42AsN3/c1-7-32(8-2)28-19-13-25(14-20-28)31(26-15-21-29(22-16-26)33(9-3)10-4)27-17-23-30(24-18-27)34(11-5)12-6/h13-24H,7-12H2,1-6H3. The zero-order valence-electron chi connectivity index (χ0n) is 22.0. The molecule has 0 N–H and O–H groups in total. The van der Waals surface area contributed by atoms with Gasteiger partial charge in [-0.25, -0.2) is 0 Å². The summed E-state index contributed by atoms with van der Waals surface area (Å²) in [5.74, 6) is 0. The third-order valence-corrected chi connectivity index (χ3v) is 11.8. The van der Waals surface area contributed by atoms with Crippen molar-refractivity contribution in [3.63, 3.8) is 0 Å². The number of hydrogen-bond donors (Lipinski definition) is 0. The van der Waals surface area contributed by atoms with E-state index in [9.17, 15) is 0 Å². The van der Waals surface area contributed by atoms with Crippen molar-refractivity contribution in [2.75, 3.05) is 54.0 Å². The van der Waals surface area contributed by atoms with Gasteiger partial charge in [-0.3, -0.25) is 0 Å². The van der Waals surface area contributed by atoms with Crippen LogP contribution in [0.1, 0.15) is 41.5 Å². The van der Waals surface area contributed by atoms with Crippen LogP contribution < -0.4 is 27.8 Å². The van der Waals surface area contributed by atoms with E-state index in [2.05, 4.69) is 129 Å². The van der Waals surface area contributed by atoms with Crippen LogP contribution in [0.3, 0.4) is 0 Å². The summed E-state index contributed by atoms with van der Waals surface area (Å²) in [6.07, 6.45) is 0. The Bertz CT molecular complexity index is 839. The molecule has 0 heterocycles. The number of anilines is 3. The van der Waals surface area contributed by atoms with Crippen LogP contribution in [-0.4, -0.2) is 53.9 Å². The number of hydrogen-bond acceptors (Lipinski definition) is 3. The molecular weight excluding hydrogens is 477 g/mol. The van der Waals surface area contributed by atoms with Gasteiger partial charge in [-0.2, -0.15) is 0 Å². The summed E-state index contributed by atoms with van der Waals surface area (Å²) in [5.41, 5.74) is 3.95. The molecule has 3 nitrogen and oxygen atoms in total. The van der Waals surface area contributed by atoms with Crippen molar-refractivity contribution >= 4 is 44.8 Å². The van der Waals surface area contributed by atoms with Gasteiger partial charge < -0.3 is 0 Å². The average molecular weight is 520 g/mol. The average Bonchev–Trinajstić information content (AvgIpc) is 2.89. The van der Waals surface area contributed by atoms with E-state index < -0.39 is 14.7 Å². The van der Waals surface area contributed by atoms with Crippen molar-refractivity contribution in [2.45, 2.75) is 41.5 Å². The van der Waals surface area contributed by atoms with Gasteiger partial charge in [0.1, 0.15) is 0 Å². The third-order valence-electron chi connectivity index (χ3n) is 6.71. The molecule has 3 aromatic carbocycles. The van der Waals surface area contributed by atoms with Crippen molar-refractivity contribution in [3.8, 4) is 0 Å². The zero-order valence-corrected chi connectivity index (χ0v) is 23.8. The molecule has 0 unspecified atom stereocenters. The van der Waals surface area contributed by atoms with Crippen molar-refractivity contribution in [3.05, 3.63) is 72.8 Å². The summed E-state index contributed by atoms with van der Waals surface area (Å²) in [6.45, 7) is 19.6. The minimum atomic E-state index is -1.66. The second-order valence-corrected chi connectivity index (χ2v) is 13.1. The van der Waals surface area contributed by atoms with E-state index in [1.165, 1.54) is 30.1 Å². The Labute approximate surface area is 212 Å². The SMILES string of the molecule is CCN(CC)c1ccc([As](c2ccc(N(CC)CC)cc2)c2ccc(N(CC)CC)cc2)cc1. The Hall–Kier alpha value is -2.38. The van der Waals surface area contributed by atoms with Crippen LogP contribution in [0, 0.1) is 0 Å². The number of rotatable bonds is 12. The van der Waals surface area contributed by atoms with E-state index >= 15 is 0 Å². The molecule has 0 amide bonds. The molecule has 0 saturated carbocycles. The molecule has 182 valence electrons.